The summed E-state index contributed by atoms with van der Waals surface area (Å²) in [4.78, 5) is 10.3. The van der Waals surface area contributed by atoms with Crippen molar-refractivity contribution in [2.24, 2.45) is 0 Å². The second kappa shape index (κ2) is 8.18. The number of carbonyl (C=O) groups is 1. The molecule has 0 radical (unpaired) electrons. The molecule has 0 spiro atoms. The molecule has 0 saturated heterocycles. The van der Waals surface area contributed by atoms with Gasteiger partial charge >= 0.3 is 5.97 Å². The molecule has 0 fully saturated rings. The van der Waals surface area contributed by atoms with Gasteiger partial charge in [0.1, 0.15) is 0 Å². The van der Waals surface area contributed by atoms with Crippen molar-refractivity contribution in [3.05, 3.63) is 35.4 Å². The quantitative estimate of drug-likeness (QED) is 0.714. The van der Waals surface area contributed by atoms with E-state index in [1.54, 1.807) is 0 Å². The summed E-state index contributed by atoms with van der Waals surface area (Å²) >= 11 is 1.93. The highest BCUT2D eigenvalue weighted by Gasteiger charge is 1.97. The predicted molar refractivity (Wildman–Crippen MR) is 73.4 cm³/mol. The van der Waals surface area contributed by atoms with E-state index < -0.39 is 5.97 Å². The summed E-state index contributed by atoms with van der Waals surface area (Å²) in [6, 6.07) is 8.58. The molecule has 1 N–H and O–H groups in total. The van der Waals surface area contributed by atoms with Crippen molar-refractivity contribution >= 4 is 17.7 Å². The van der Waals surface area contributed by atoms with Crippen molar-refractivity contribution in [1.29, 1.82) is 0 Å². The van der Waals surface area contributed by atoms with Crippen molar-refractivity contribution in [2.75, 3.05) is 5.75 Å². The Balaban J connectivity index is 2.03. The molecule has 3 heteroatoms. The smallest absolute Gasteiger partial charge is 0.303 e. The summed E-state index contributed by atoms with van der Waals surface area (Å²) in [5.74, 6) is 1.49. The fourth-order valence-corrected chi connectivity index (χ4v) is 2.62. The summed E-state index contributed by atoms with van der Waals surface area (Å²) in [5, 5.41) is 8.49. The van der Waals surface area contributed by atoms with Crippen LogP contribution >= 0.6 is 11.8 Å². The Hall–Kier alpha value is -0.960. The molecule has 1 aromatic rings. The molecule has 0 heterocycles. The van der Waals surface area contributed by atoms with Crippen molar-refractivity contribution in [1.82, 2.24) is 0 Å². The van der Waals surface area contributed by atoms with Crippen LogP contribution in [0.4, 0.5) is 0 Å². The van der Waals surface area contributed by atoms with Gasteiger partial charge in [0.25, 0.3) is 0 Å². The molecule has 94 valence electrons. The van der Waals surface area contributed by atoms with Crippen LogP contribution in [0.2, 0.25) is 0 Å². The summed E-state index contributed by atoms with van der Waals surface area (Å²) in [6.07, 6.45) is 3.25. The number of carboxylic acids is 1. The highest BCUT2D eigenvalue weighted by molar-refractivity contribution is 7.98. The largest absolute Gasteiger partial charge is 0.481 e. The second-order valence-electron chi connectivity index (χ2n) is 4.25. The Morgan fingerprint density at radius 1 is 1.29 bits per heavy atom. The Morgan fingerprint density at radius 3 is 2.82 bits per heavy atom. The zero-order valence-electron chi connectivity index (χ0n) is 10.3. The van der Waals surface area contributed by atoms with Gasteiger partial charge in [-0.25, -0.2) is 0 Å². The molecule has 1 aromatic carbocycles. The van der Waals surface area contributed by atoms with Gasteiger partial charge < -0.3 is 5.11 Å². The Labute approximate surface area is 107 Å². The lowest BCUT2D eigenvalue weighted by atomic mass is 10.2. The first-order valence-corrected chi connectivity index (χ1v) is 7.19. The van der Waals surface area contributed by atoms with E-state index in [9.17, 15) is 4.79 Å². The Morgan fingerprint density at radius 2 is 2.12 bits per heavy atom. The van der Waals surface area contributed by atoms with Gasteiger partial charge in [-0.05, 0) is 31.1 Å². The third-order valence-corrected chi connectivity index (χ3v) is 3.65. The van der Waals surface area contributed by atoms with Gasteiger partial charge in [0.05, 0.1) is 0 Å². The van der Waals surface area contributed by atoms with Crippen LogP contribution in [0.5, 0.6) is 0 Å². The first-order chi connectivity index (χ1) is 8.18. The molecule has 0 unspecified atom stereocenters. The number of thioether (sulfide) groups is 1. The predicted octanol–water partition coefficient (Wildman–Crippen LogP) is 3.87. The molecule has 0 aliphatic carbocycles. The average Bonchev–Trinajstić information content (AvgIpc) is 2.27. The number of aliphatic carboxylic acids is 1. The second-order valence-corrected chi connectivity index (χ2v) is 5.35. The minimum Gasteiger partial charge on any atom is -0.481 e. The Kier molecular flexibility index (Phi) is 6.78. The number of benzene rings is 1. The van der Waals surface area contributed by atoms with Gasteiger partial charge in [0, 0.05) is 12.2 Å². The van der Waals surface area contributed by atoms with Crippen LogP contribution in [0, 0.1) is 6.92 Å². The van der Waals surface area contributed by atoms with Gasteiger partial charge in [0.2, 0.25) is 0 Å². The fourth-order valence-electron chi connectivity index (χ4n) is 1.65. The van der Waals surface area contributed by atoms with Gasteiger partial charge in [0.15, 0.2) is 0 Å². The number of rotatable bonds is 8. The van der Waals surface area contributed by atoms with E-state index in [2.05, 4.69) is 31.2 Å². The van der Waals surface area contributed by atoms with Crippen LogP contribution in [0.3, 0.4) is 0 Å². The first kappa shape index (κ1) is 14.1. The minimum absolute atomic E-state index is 0.308. The zero-order valence-corrected chi connectivity index (χ0v) is 11.1. The number of hydrogen-bond acceptors (Lipinski definition) is 2. The van der Waals surface area contributed by atoms with E-state index in [1.807, 2.05) is 11.8 Å². The van der Waals surface area contributed by atoms with Crippen LogP contribution in [0.25, 0.3) is 0 Å². The molecular formula is C14H20O2S. The van der Waals surface area contributed by atoms with Gasteiger partial charge in [-0.1, -0.05) is 36.2 Å². The topological polar surface area (TPSA) is 37.3 Å². The van der Waals surface area contributed by atoms with Crippen molar-refractivity contribution in [2.45, 2.75) is 38.4 Å². The highest BCUT2D eigenvalue weighted by Crippen LogP contribution is 2.15. The molecule has 0 bridgehead atoms. The molecule has 0 aliphatic rings. The molecule has 0 aromatic heterocycles. The maximum absolute atomic E-state index is 10.3. The van der Waals surface area contributed by atoms with Crippen LogP contribution in [0.1, 0.15) is 36.8 Å². The molecule has 0 saturated carbocycles. The third-order valence-electron chi connectivity index (χ3n) is 2.53. The molecule has 2 nitrogen and oxygen atoms in total. The monoisotopic (exact) mass is 252 g/mol. The van der Waals surface area contributed by atoms with E-state index in [-0.39, 0.29) is 0 Å². The number of unbranched alkanes of at least 4 members (excludes halogenated alkanes) is 2. The summed E-state index contributed by atoms with van der Waals surface area (Å²) < 4.78 is 0. The first-order valence-electron chi connectivity index (χ1n) is 6.03. The van der Waals surface area contributed by atoms with E-state index in [0.717, 1.165) is 30.8 Å². The SMILES string of the molecule is Cc1cccc(CSCCCCCC(=O)O)c1. The van der Waals surface area contributed by atoms with Gasteiger partial charge in [-0.15, -0.1) is 0 Å². The normalized spacial score (nSPS) is 10.4. The number of aryl methyl sites for hydroxylation is 1. The molecule has 0 atom stereocenters. The van der Waals surface area contributed by atoms with E-state index >= 15 is 0 Å². The van der Waals surface area contributed by atoms with Crippen LogP contribution in [-0.2, 0) is 10.5 Å². The third kappa shape index (κ3) is 7.05. The lowest BCUT2D eigenvalue weighted by Gasteiger charge is -2.03. The van der Waals surface area contributed by atoms with Crippen molar-refractivity contribution < 1.29 is 9.90 Å². The molecule has 0 amide bonds. The lowest BCUT2D eigenvalue weighted by molar-refractivity contribution is -0.137. The number of carboxylic acid groups (broad SMARTS) is 1. The van der Waals surface area contributed by atoms with Gasteiger partial charge in [-0.2, -0.15) is 11.8 Å². The molecule has 17 heavy (non-hydrogen) atoms. The van der Waals surface area contributed by atoms with Crippen molar-refractivity contribution in [3.8, 4) is 0 Å². The zero-order chi connectivity index (χ0) is 12.5. The lowest BCUT2D eigenvalue weighted by Crippen LogP contribution is -1.94. The summed E-state index contributed by atoms with van der Waals surface area (Å²) in [6.45, 7) is 2.11. The summed E-state index contributed by atoms with van der Waals surface area (Å²) in [5.41, 5.74) is 2.69. The molecule has 1 rings (SSSR count). The average molecular weight is 252 g/mol. The Bertz CT molecular complexity index is 350. The maximum Gasteiger partial charge on any atom is 0.303 e. The standard InChI is InChI=1S/C14H20O2S/c1-12-6-5-7-13(10-12)11-17-9-4-2-3-8-14(15)16/h5-7,10H,2-4,8-9,11H2,1H3,(H,15,16). The van der Waals surface area contributed by atoms with Crippen LogP contribution < -0.4 is 0 Å². The number of hydrogen-bond donors (Lipinski definition) is 1. The maximum atomic E-state index is 10.3. The molecular weight excluding hydrogens is 232 g/mol. The summed E-state index contributed by atoms with van der Waals surface area (Å²) in [7, 11) is 0. The van der Waals surface area contributed by atoms with E-state index in [1.165, 1.54) is 11.1 Å². The van der Waals surface area contributed by atoms with Crippen LogP contribution in [0.15, 0.2) is 24.3 Å². The highest BCUT2D eigenvalue weighted by atomic mass is 32.2. The molecule has 0 aliphatic heterocycles. The van der Waals surface area contributed by atoms with E-state index in [4.69, 9.17) is 5.11 Å². The minimum atomic E-state index is -0.683. The van der Waals surface area contributed by atoms with Crippen LogP contribution in [-0.4, -0.2) is 16.8 Å². The van der Waals surface area contributed by atoms with Gasteiger partial charge in [-0.3, -0.25) is 4.79 Å². The van der Waals surface area contributed by atoms with E-state index in [0.29, 0.717) is 6.42 Å². The fraction of sp³-hybridized carbons (Fsp3) is 0.500. The van der Waals surface area contributed by atoms with Crippen molar-refractivity contribution in [3.63, 3.8) is 0 Å².